The molecule has 0 radical (unpaired) electrons. The summed E-state index contributed by atoms with van der Waals surface area (Å²) in [4.78, 5) is 43.7. The molecule has 0 spiro atoms. The molecule has 0 bridgehead atoms. The molecule has 2 heterocycles. The molecule has 41 heavy (non-hydrogen) atoms. The normalized spacial score (nSPS) is 18.7. The highest BCUT2D eigenvalue weighted by Gasteiger charge is 2.56. The molecule has 3 aromatic rings. The van der Waals surface area contributed by atoms with Gasteiger partial charge in [0.05, 0.1) is 31.9 Å². The number of carbonyl (C=O) groups is 3. The zero-order valence-electron chi connectivity index (χ0n) is 23.2. The van der Waals surface area contributed by atoms with Crippen LogP contribution in [-0.4, -0.2) is 51.9 Å². The Morgan fingerprint density at radius 3 is 2.46 bits per heavy atom. The van der Waals surface area contributed by atoms with Crippen LogP contribution in [0.1, 0.15) is 48.1 Å². The Kier molecular flexibility index (Phi) is 6.56. The number of aromatic hydroxyl groups is 2. The van der Waals surface area contributed by atoms with Gasteiger partial charge in [-0.1, -0.05) is 5.16 Å². The lowest BCUT2D eigenvalue weighted by atomic mass is 9.70. The second kappa shape index (κ2) is 9.81. The van der Waals surface area contributed by atoms with Crippen molar-refractivity contribution in [2.45, 2.75) is 39.7 Å². The van der Waals surface area contributed by atoms with E-state index in [2.05, 4.69) is 15.5 Å². The largest absolute Gasteiger partial charge is 0.507 e. The lowest BCUT2D eigenvalue weighted by Gasteiger charge is -2.29. The minimum Gasteiger partial charge on any atom is -0.507 e. The fourth-order valence-electron chi connectivity index (χ4n) is 5.08. The van der Waals surface area contributed by atoms with Gasteiger partial charge in [0.25, 0.3) is 0 Å². The first kappa shape index (κ1) is 27.4. The average Bonchev–Trinajstić information content (AvgIpc) is 3.53. The van der Waals surface area contributed by atoms with Crippen molar-refractivity contribution < 1.29 is 43.3 Å². The molecule has 3 N–H and O–H groups in total. The Morgan fingerprint density at radius 1 is 1.10 bits per heavy atom. The Bertz CT molecular complexity index is 1720. The number of allylic oxidation sites excluding steroid dienone is 4. The number of methoxy groups -OCH3 is 2. The summed E-state index contributed by atoms with van der Waals surface area (Å²) in [6, 6.07) is 5.16. The maximum Gasteiger partial charge on any atom is 0.246 e. The number of phenols is 2. The van der Waals surface area contributed by atoms with Crippen molar-refractivity contribution >= 4 is 17.3 Å². The SMILES string of the molecule is COc1ccc(-c2noc(CNC(C)=C3C(=O)C=C4Oc5c(C(C)=O)c(O)c(C)c(O)c5[C@@]4(C)C3=O)n2)cc1OC. The van der Waals surface area contributed by atoms with E-state index in [1.54, 1.807) is 25.1 Å². The summed E-state index contributed by atoms with van der Waals surface area (Å²) in [7, 11) is 3.04. The van der Waals surface area contributed by atoms with Crippen molar-refractivity contribution in [3.8, 4) is 40.1 Å². The van der Waals surface area contributed by atoms with Gasteiger partial charge in [-0.05, 0) is 45.9 Å². The number of fused-ring (bicyclic) bond motifs is 3. The van der Waals surface area contributed by atoms with Crippen LogP contribution in [-0.2, 0) is 21.5 Å². The molecule has 0 amide bonds. The van der Waals surface area contributed by atoms with Crippen LogP contribution in [0, 0.1) is 6.92 Å². The molecule has 2 aromatic carbocycles. The van der Waals surface area contributed by atoms with E-state index in [0.717, 1.165) is 6.08 Å². The van der Waals surface area contributed by atoms with Crippen molar-refractivity contribution in [1.82, 2.24) is 15.5 Å². The van der Waals surface area contributed by atoms with E-state index in [4.69, 9.17) is 18.7 Å². The molecule has 5 rings (SSSR count). The fraction of sp³-hybridized carbons (Fsp3) is 0.276. The molecule has 1 aliphatic heterocycles. The van der Waals surface area contributed by atoms with Gasteiger partial charge in [-0.15, -0.1) is 0 Å². The van der Waals surface area contributed by atoms with E-state index in [0.29, 0.717) is 22.9 Å². The maximum absolute atomic E-state index is 13.9. The Balaban J connectivity index is 1.46. The van der Waals surface area contributed by atoms with Crippen LogP contribution in [0.3, 0.4) is 0 Å². The van der Waals surface area contributed by atoms with Gasteiger partial charge >= 0.3 is 0 Å². The molecule has 212 valence electrons. The molecule has 0 fully saturated rings. The number of nitrogens with one attached hydrogen (secondary N) is 1. The van der Waals surface area contributed by atoms with E-state index < -0.39 is 34.3 Å². The fourth-order valence-corrected chi connectivity index (χ4v) is 5.08. The summed E-state index contributed by atoms with van der Waals surface area (Å²) < 4.78 is 21.7. The van der Waals surface area contributed by atoms with E-state index in [-0.39, 0.29) is 51.9 Å². The molecule has 2 aliphatic rings. The van der Waals surface area contributed by atoms with E-state index >= 15 is 0 Å². The monoisotopic (exact) mass is 561 g/mol. The van der Waals surface area contributed by atoms with Crippen LogP contribution < -0.4 is 19.5 Å². The van der Waals surface area contributed by atoms with Gasteiger partial charge < -0.3 is 34.3 Å². The van der Waals surface area contributed by atoms with Crippen LogP contribution in [0.15, 0.2) is 45.8 Å². The quantitative estimate of drug-likeness (QED) is 0.218. The van der Waals surface area contributed by atoms with Crippen LogP contribution in [0.2, 0.25) is 0 Å². The first-order valence-electron chi connectivity index (χ1n) is 12.5. The lowest BCUT2D eigenvalue weighted by Crippen LogP contribution is -2.41. The van der Waals surface area contributed by atoms with Crippen LogP contribution >= 0.6 is 0 Å². The standard InChI is InChI=1S/C29H27N3O9/c1-12-24(35)22(14(3)33)26-23(25(12)36)29(4)19(40-26)10-16(34)21(27(29)37)13(2)30-11-20-31-28(32-41-20)15-7-8-17(38-5)18(9-15)39-6/h7-10,30,35-36H,11H2,1-6H3/t29-/m0/s1. The molecule has 0 saturated carbocycles. The van der Waals surface area contributed by atoms with E-state index in [9.17, 15) is 24.6 Å². The number of hydrogen-bond donors (Lipinski definition) is 3. The third kappa shape index (κ3) is 4.10. The highest BCUT2D eigenvalue weighted by Crippen LogP contribution is 2.57. The first-order valence-corrected chi connectivity index (χ1v) is 12.5. The molecular formula is C29H27N3O9. The first-order chi connectivity index (χ1) is 19.4. The molecule has 1 aromatic heterocycles. The average molecular weight is 562 g/mol. The molecule has 0 unspecified atom stereocenters. The Morgan fingerprint density at radius 2 is 1.80 bits per heavy atom. The lowest BCUT2D eigenvalue weighted by molar-refractivity contribution is -0.123. The number of ether oxygens (including phenoxy) is 3. The highest BCUT2D eigenvalue weighted by atomic mass is 16.5. The Hall–Kier alpha value is -5.13. The number of rotatable bonds is 7. The summed E-state index contributed by atoms with van der Waals surface area (Å²) in [6.07, 6.45) is 1.15. The summed E-state index contributed by atoms with van der Waals surface area (Å²) >= 11 is 0. The zero-order chi connectivity index (χ0) is 29.8. The molecule has 1 atom stereocenters. The number of benzene rings is 2. The van der Waals surface area contributed by atoms with Gasteiger partial charge in [0, 0.05) is 22.9 Å². The third-order valence-corrected chi connectivity index (χ3v) is 7.37. The van der Waals surface area contributed by atoms with Crippen molar-refractivity contribution in [2.24, 2.45) is 0 Å². The van der Waals surface area contributed by atoms with E-state index in [1.165, 1.54) is 35.0 Å². The summed E-state index contributed by atoms with van der Waals surface area (Å²) in [5.74, 6) is -1.29. The van der Waals surface area contributed by atoms with Crippen LogP contribution in [0.25, 0.3) is 11.4 Å². The van der Waals surface area contributed by atoms with Crippen LogP contribution in [0.5, 0.6) is 28.7 Å². The summed E-state index contributed by atoms with van der Waals surface area (Å²) in [6.45, 7) is 5.71. The second-order valence-electron chi connectivity index (χ2n) is 9.82. The van der Waals surface area contributed by atoms with Crippen molar-refractivity contribution in [3.05, 3.63) is 63.9 Å². The van der Waals surface area contributed by atoms with Crippen molar-refractivity contribution in [2.75, 3.05) is 14.2 Å². The van der Waals surface area contributed by atoms with Gasteiger partial charge in [0.1, 0.15) is 34.0 Å². The molecular weight excluding hydrogens is 534 g/mol. The smallest absolute Gasteiger partial charge is 0.246 e. The minimum atomic E-state index is -1.61. The van der Waals surface area contributed by atoms with Gasteiger partial charge in [0.2, 0.25) is 11.7 Å². The molecule has 0 saturated heterocycles. The van der Waals surface area contributed by atoms with Gasteiger partial charge in [-0.2, -0.15) is 4.98 Å². The van der Waals surface area contributed by atoms with Crippen molar-refractivity contribution in [1.29, 1.82) is 0 Å². The topological polar surface area (TPSA) is 170 Å². The summed E-state index contributed by atoms with van der Waals surface area (Å²) in [5.41, 5.74) is -1.05. The van der Waals surface area contributed by atoms with Gasteiger partial charge in [-0.3, -0.25) is 14.4 Å². The van der Waals surface area contributed by atoms with Crippen LogP contribution in [0.4, 0.5) is 0 Å². The van der Waals surface area contributed by atoms with Crippen molar-refractivity contribution in [3.63, 3.8) is 0 Å². The zero-order valence-corrected chi connectivity index (χ0v) is 23.2. The molecule has 1 aliphatic carbocycles. The minimum absolute atomic E-state index is 0.00324. The number of hydrogen-bond acceptors (Lipinski definition) is 12. The van der Waals surface area contributed by atoms with E-state index in [1.807, 2.05) is 0 Å². The summed E-state index contributed by atoms with van der Waals surface area (Å²) in [5, 5.41) is 28.4. The van der Waals surface area contributed by atoms with Gasteiger partial charge in [-0.25, -0.2) is 0 Å². The number of aromatic nitrogens is 2. The maximum atomic E-state index is 13.9. The highest BCUT2D eigenvalue weighted by molar-refractivity contribution is 6.31. The number of phenolic OH excluding ortho intramolecular Hbond substituents is 2. The predicted molar refractivity (Wildman–Crippen MR) is 143 cm³/mol. The second-order valence-corrected chi connectivity index (χ2v) is 9.82. The Labute approximate surface area is 234 Å². The third-order valence-electron chi connectivity index (χ3n) is 7.37. The number of ketones is 3. The van der Waals surface area contributed by atoms with Gasteiger partial charge in [0.15, 0.2) is 28.8 Å². The number of carbonyl (C=O) groups excluding carboxylic acids is 3. The number of Topliss-reactive ketones (excluding diaryl/α,β-unsaturated/α-hetero) is 2. The number of nitrogens with zero attached hydrogens (tertiary/aromatic N) is 2. The molecule has 12 heteroatoms. The molecule has 12 nitrogen and oxygen atoms in total. The predicted octanol–water partition coefficient (Wildman–Crippen LogP) is 3.43.